The maximum Gasteiger partial charge on any atom is 0.229 e. The van der Waals surface area contributed by atoms with Gasteiger partial charge >= 0.3 is 0 Å². The first-order valence-corrected chi connectivity index (χ1v) is 14.2. The molecule has 3 aromatic heterocycles. The Bertz CT molecular complexity index is 1400. The number of nitriles is 1. The fraction of sp³-hybridized carbons (Fsp3) is 0.440. The van der Waals surface area contributed by atoms with Crippen LogP contribution in [-0.4, -0.2) is 68.1 Å². The van der Waals surface area contributed by atoms with E-state index < -0.39 is 10.0 Å². The van der Waals surface area contributed by atoms with E-state index in [-0.39, 0.29) is 12.1 Å². The summed E-state index contributed by atoms with van der Waals surface area (Å²) in [6, 6.07) is 9.54. The third kappa shape index (κ3) is 6.36. The average Bonchev–Trinajstić information content (AvgIpc) is 2.90. The zero-order valence-corrected chi connectivity index (χ0v) is 21.4. The van der Waals surface area contributed by atoms with E-state index in [4.69, 9.17) is 19.7 Å². The molecule has 11 nitrogen and oxygen atoms in total. The number of ether oxygens (including phenoxy) is 2. The van der Waals surface area contributed by atoms with Gasteiger partial charge in [-0.3, -0.25) is 9.71 Å². The van der Waals surface area contributed by atoms with Crippen molar-refractivity contribution in [2.75, 3.05) is 47.5 Å². The number of nitrogens with one attached hydrogen (secondary N) is 2. The van der Waals surface area contributed by atoms with Gasteiger partial charge in [-0.25, -0.2) is 13.4 Å². The van der Waals surface area contributed by atoms with Crippen molar-refractivity contribution in [3.05, 3.63) is 42.2 Å². The highest BCUT2D eigenvalue weighted by atomic mass is 32.2. The first kappa shape index (κ1) is 25.0. The second kappa shape index (κ2) is 10.7. The summed E-state index contributed by atoms with van der Waals surface area (Å²) in [5.41, 5.74) is 1.59. The van der Waals surface area contributed by atoms with Crippen molar-refractivity contribution in [2.45, 2.75) is 37.8 Å². The number of hydrogen-bond donors (Lipinski definition) is 2. The molecular weight excluding hydrogens is 494 g/mol. The molecule has 1 saturated carbocycles. The molecule has 0 amide bonds. The smallest absolute Gasteiger partial charge is 0.229 e. The summed E-state index contributed by atoms with van der Waals surface area (Å²) in [6.45, 7) is 2.72. The van der Waals surface area contributed by atoms with Crippen LogP contribution in [0.2, 0.25) is 0 Å². The monoisotopic (exact) mass is 523 g/mol. The van der Waals surface area contributed by atoms with Crippen LogP contribution in [0.5, 0.6) is 5.88 Å². The van der Waals surface area contributed by atoms with Crippen molar-refractivity contribution >= 4 is 38.2 Å². The molecular formula is C25H29N7O4S. The maximum atomic E-state index is 11.8. The minimum absolute atomic E-state index is 0.0332. The highest BCUT2D eigenvalue weighted by Gasteiger charge is 2.25. The van der Waals surface area contributed by atoms with Crippen molar-refractivity contribution in [1.29, 1.82) is 5.26 Å². The van der Waals surface area contributed by atoms with Gasteiger partial charge in [-0.2, -0.15) is 10.2 Å². The average molecular weight is 524 g/mol. The Hall–Kier alpha value is -3.69. The van der Waals surface area contributed by atoms with Gasteiger partial charge in [0, 0.05) is 31.4 Å². The molecule has 0 unspecified atom stereocenters. The van der Waals surface area contributed by atoms with Crippen molar-refractivity contribution in [1.82, 2.24) is 15.0 Å². The Morgan fingerprint density at radius 3 is 2.57 bits per heavy atom. The fourth-order valence-electron chi connectivity index (χ4n) is 4.63. The van der Waals surface area contributed by atoms with Crippen molar-refractivity contribution in [2.24, 2.45) is 0 Å². The highest BCUT2D eigenvalue weighted by molar-refractivity contribution is 7.92. The molecule has 0 spiro atoms. The van der Waals surface area contributed by atoms with E-state index in [9.17, 15) is 8.42 Å². The molecule has 3 aromatic rings. The van der Waals surface area contributed by atoms with E-state index in [2.05, 4.69) is 31.0 Å². The first-order valence-electron chi connectivity index (χ1n) is 12.3. The molecule has 1 saturated heterocycles. The van der Waals surface area contributed by atoms with E-state index in [1.54, 1.807) is 18.3 Å². The van der Waals surface area contributed by atoms with E-state index in [1.807, 2.05) is 12.1 Å². The molecule has 0 atom stereocenters. The van der Waals surface area contributed by atoms with Gasteiger partial charge < -0.3 is 19.7 Å². The lowest BCUT2D eigenvalue weighted by atomic mass is 9.93. The molecule has 37 heavy (non-hydrogen) atoms. The molecule has 2 fully saturated rings. The molecule has 0 radical (unpaired) electrons. The summed E-state index contributed by atoms with van der Waals surface area (Å²) in [5.74, 6) is 1.98. The molecule has 12 heteroatoms. The summed E-state index contributed by atoms with van der Waals surface area (Å²) in [6.07, 6.45) is 7.59. The van der Waals surface area contributed by atoms with Crippen LogP contribution in [0.15, 0.2) is 36.7 Å². The summed E-state index contributed by atoms with van der Waals surface area (Å²) < 4.78 is 37.9. The van der Waals surface area contributed by atoms with Crippen molar-refractivity contribution in [3.8, 4) is 11.9 Å². The summed E-state index contributed by atoms with van der Waals surface area (Å²) >= 11 is 0. The maximum absolute atomic E-state index is 11.8. The fourth-order valence-corrected chi connectivity index (χ4v) is 5.17. The third-order valence-electron chi connectivity index (χ3n) is 6.47. The minimum atomic E-state index is -3.45. The molecule has 4 heterocycles. The quantitative estimate of drug-likeness (QED) is 0.474. The second-order valence-electron chi connectivity index (χ2n) is 9.33. The summed E-state index contributed by atoms with van der Waals surface area (Å²) in [5, 5.41) is 13.1. The topological polar surface area (TPSA) is 142 Å². The number of anilines is 3. The predicted octanol–water partition coefficient (Wildman–Crippen LogP) is 2.91. The Labute approximate surface area is 215 Å². The van der Waals surface area contributed by atoms with Crippen LogP contribution in [0.25, 0.3) is 10.9 Å². The Morgan fingerprint density at radius 2 is 1.89 bits per heavy atom. The molecule has 1 aliphatic heterocycles. The van der Waals surface area contributed by atoms with Crippen molar-refractivity contribution < 1.29 is 17.9 Å². The number of morpholine rings is 1. The Kier molecular flexibility index (Phi) is 7.25. The number of aromatic nitrogens is 3. The standard InChI is InChI=1S/C25H29N7O4S/c1-37(33,34)31-19-12-21-22(27-16-19)13-24(32-8-10-35-11-9-32)30-25(21)36-20-5-3-18(4-6-20)29-23-7-2-17(14-26)15-28-23/h2,7,12-13,15-16,18,20,31H,3-6,8-11H2,1H3,(H,28,29). The first-order chi connectivity index (χ1) is 17.9. The van der Waals surface area contributed by atoms with Gasteiger partial charge in [0.2, 0.25) is 15.9 Å². The SMILES string of the molecule is CS(=O)(=O)Nc1cnc2cc(N3CCOCC3)nc(OC3CCC(Nc4ccc(C#N)cn4)CC3)c2c1. The van der Waals surface area contributed by atoms with Gasteiger partial charge in [-0.1, -0.05) is 0 Å². The van der Waals surface area contributed by atoms with Crippen LogP contribution >= 0.6 is 0 Å². The lowest BCUT2D eigenvalue weighted by Crippen LogP contribution is -2.37. The van der Waals surface area contributed by atoms with Gasteiger partial charge in [0.25, 0.3) is 0 Å². The van der Waals surface area contributed by atoms with E-state index in [1.165, 1.54) is 6.20 Å². The van der Waals surface area contributed by atoms with Crippen LogP contribution in [0.4, 0.5) is 17.3 Å². The number of rotatable bonds is 7. The molecule has 2 N–H and O–H groups in total. The van der Waals surface area contributed by atoms with Gasteiger partial charge in [0.15, 0.2) is 0 Å². The van der Waals surface area contributed by atoms with Gasteiger partial charge in [0.05, 0.1) is 47.8 Å². The van der Waals surface area contributed by atoms with Gasteiger partial charge in [-0.05, 0) is 43.9 Å². The number of sulfonamides is 1. The largest absolute Gasteiger partial charge is 0.474 e. The number of pyridine rings is 3. The minimum Gasteiger partial charge on any atom is -0.474 e. The van der Waals surface area contributed by atoms with Crippen LogP contribution in [0.1, 0.15) is 31.2 Å². The van der Waals surface area contributed by atoms with E-state index in [0.717, 1.165) is 56.7 Å². The Balaban J connectivity index is 1.33. The second-order valence-corrected chi connectivity index (χ2v) is 11.1. The highest BCUT2D eigenvalue weighted by Crippen LogP contribution is 2.33. The predicted molar refractivity (Wildman–Crippen MR) is 140 cm³/mol. The van der Waals surface area contributed by atoms with Gasteiger partial charge in [-0.15, -0.1) is 0 Å². The zero-order chi connectivity index (χ0) is 25.8. The summed E-state index contributed by atoms with van der Waals surface area (Å²) in [4.78, 5) is 15.8. The number of fused-ring (bicyclic) bond motifs is 1. The molecule has 0 bridgehead atoms. The van der Waals surface area contributed by atoms with Gasteiger partial charge in [0.1, 0.15) is 23.8 Å². The van der Waals surface area contributed by atoms with Crippen LogP contribution < -0.4 is 19.7 Å². The molecule has 5 rings (SSSR count). The lowest BCUT2D eigenvalue weighted by Gasteiger charge is -2.31. The number of hydrogen-bond acceptors (Lipinski definition) is 10. The van der Waals surface area contributed by atoms with Crippen molar-refractivity contribution in [3.63, 3.8) is 0 Å². The summed E-state index contributed by atoms with van der Waals surface area (Å²) in [7, 11) is -3.45. The van der Waals surface area contributed by atoms with Crippen LogP contribution in [-0.2, 0) is 14.8 Å². The number of nitrogens with zero attached hydrogens (tertiary/aromatic N) is 5. The van der Waals surface area contributed by atoms with E-state index >= 15 is 0 Å². The molecule has 0 aromatic carbocycles. The third-order valence-corrected chi connectivity index (χ3v) is 7.07. The Morgan fingerprint density at radius 1 is 1.11 bits per heavy atom. The molecule has 1 aliphatic carbocycles. The normalized spacial score (nSPS) is 20.3. The molecule has 2 aliphatic rings. The lowest BCUT2D eigenvalue weighted by molar-refractivity contribution is 0.122. The molecule has 194 valence electrons. The van der Waals surface area contributed by atoms with Crippen LogP contribution in [0, 0.1) is 11.3 Å². The zero-order valence-electron chi connectivity index (χ0n) is 20.6. The van der Waals surface area contributed by atoms with Crippen LogP contribution in [0.3, 0.4) is 0 Å². The van der Waals surface area contributed by atoms with E-state index in [0.29, 0.717) is 41.2 Å².